The number of aliphatic hydroxyl groups excluding tert-OH is 1. The van der Waals surface area contributed by atoms with Crippen molar-refractivity contribution in [2.45, 2.75) is 58.7 Å². The van der Waals surface area contributed by atoms with E-state index in [1.165, 1.54) is 4.90 Å². The van der Waals surface area contributed by atoms with Gasteiger partial charge in [0.15, 0.2) is 0 Å². The molecular weight excluding hydrogens is 532 g/mol. The van der Waals surface area contributed by atoms with Crippen LogP contribution in [0.25, 0.3) is 10.4 Å². The van der Waals surface area contributed by atoms with Gasteiger partial charge in [0.05, 0.1) is 34.5 Å². The fourth-order valence-corrected chi connectivity index (χ4v) is 5.72. The number of benzene rings is 1. The number of nitrogens with one attached hydrogen (secondary N) is 1. The lowest BCUT2D eigenvalue weighted by atomic mass is 9.91. The maximum Gasteiger partial charge on any atom is 0.243 e. The van der Waals surface area contributed by atoms with Crippen molar-refractivity contribution in [3.05, 3.63) is 59.4 Å². The van der Waals surface area contributed by atoms with E-state index in [0.717, 1.165) is 21.7 Å². The van der Waals surface area contributed by atoms with Crippen molar-refractivity contribution >= 4 is 23.2 Å². The molecule has 1 aliphatic rings. The van der Waals surface area contributed by atoms with Crippen LogP contribution in [0.5, 0.6) is 5.75 Å². The van der Waals surface area contributed by atoms with Crippen LogP contribution >= 0.6 is 11.3 Å². The third-order valence-corrected chi connectivity index (χ3v) is 7.89. The molecule has 3 atom stereocenters. The predicted octanol–water partition coefficient (Wildman–Crippen LogP) is 3.66. The van der Waals surface area contributed by atoms with Gasteiger partial charge in [-0.2, -0.15) is 0 Å². The van der Waals surface area contributed by atoms with E-state index < -0.39 is 18.1 Å². The molecule has 1 fully saturated rings. The molecule has 1 radical (unpaired) electrons. The van der Waals surface area contributed by atoms with E-state index in [1.54, 1.807) is 29.8 Å². The van der Waals surface area contributed by atoms with Gasteiger partial charge in [0.25, 0.3) is 0 Å². The number of thiazole rings is 1. The zero-order valence-electron chi connectivity index (χ0n) is 23.4. The van der Waals surface area contributed by atoms with Crippen molar-refractivity contribution in [2.75, 3.05) is 26.4 Å². The molecule has 1 saturated heterocycles. The van der Waals surface area contributed by atoms with E-state index in [1.807, 2.05) is 39.0 Å². The van der Waals surface area contributed by atoms with Gasteiger partial charge in [-0.1, -0.05) is 31.1 Å². The SMILES string of the molecule is [CH2]COCCOc1cc(-c2scnc2C)ccc1CNC(=O)[C@@H]1C[C@@H](O)CN1C(=O)C(c1cc(C)no1)C(C)C. The first kappa shape index (κ1) is 29.7. The Labute approximate surface area is 238 Å². The Hall–Kier alpha value is -3.28. The summed E-state index contributed by atoms with van der Waals surface area (Å²) in [7, 11) is 0. The monoisotopic (exact) mass is 569 g/mol. The molecule has 1 aromatic carbocycles. The lowest BCUT2D eigenvalue weighted by molar-refractivity contribution is -0.141. The molecule has 215 valence electrons. The summed E-state index contributed by atoms with van der Waals surface area (Å²) in [4.78, 5) is 33.9. The molecule has 0 spiro atoms. The topological polar surface area (TPSA) is 127 Å². The van der Waals surface area contributed by atoms with Crippen LogP contribution in [0.3, 0.4) is 0 Å². The zero-order chi connectivity index (χ0) is 28.8. The Morgan fingerprint density at radius 2 is 2.08 bits per heavy atom. The molecule has 0 saturated carbocycles. The maximum atomic E-state index is 13.6. The number of β-amino-alcohol motifs (C(OH)–C–C–N with tert-alkyl or cyclic N) is 1. The highest BCUT2D eigenvalue weighted by Crippen LogP contribution is 2.33. The van der Waals surface area contributed by atoms with Crippen LogP contribution in [0.15, 0.2) is 34.3 Å². The second-order valence-electron chi connectivity index (χ2n) is 10.3. The normalized spacial score (nSPS) is 17.8. The van der Waals surface area contributed by atoms with Gasteiger partial charge in [0.2, 0.25) is 11.8 Å². The number of aryl methyl sites for hydroxylation is 2. The smallest absolute Gasteiger partial charge is 0.243 e. The summed E-state index contributed by atoms with van der Waals surface area (Å²) >= 11 is 1.55. The largest absolute Gasteiger partial charge is 0.491 e. The quantitative estimate of drug-likeness (QED) is 0.317. The van der Waals surface area contributed by atoms with Crippen LogP contribution in [-0.2, 0) is 20.9 Å². The Morgan fingerprint density at radius 1 is 1.27 bits per heavy atom. The molecule has 3 heterocycles. The number of carbonyl (C=O) groups is 2. The van der Waals surface area contributed by atoms with Gasteiger partial charge in [-0.25, -0.2) is 4.98 Å². The first-order valence-corrected chi connectivity index (χ1v) is 14.3. The molecule has 11 heteroatoms. The standard InChI is InChI=1S/C29H37N4O6S/c1-6-37-9-10-38-24-12-20(27-19(5)31-16-40-27)7-8-21(24)14-30-28(35)23-13-22(34)15-33(23)29(36)26(17(2)3)25-11-18(4)32-39-25/h7-8,11-12,16-17,22-23,26,34H,1,6,9-10,13-15H2,2-5H3,(H,30,35)/t22-,23+,26?/m1/s1. The van der Waals surface area contributed by atoms with Crippen molar-refractivity contribution in [2.24, 2.45) is 5.92 Å². The Morgan fingerprint density at radius 3 is 2.73 bits per heavy atom. The summed E-state index contributed by atoms with van der Waals surface area (Å²) in [6, 6.07) is 6.77. The number of aromatic nitrogens is 2. The first-order chi connectivity index (χ1) is 19.2. The molecule has 2 N–H and O–H groups in total. The predicted molar refractivity (Wildman–Crippen MR) is 151 cm³/mol. The molecule has 2 amide bonds. The molecule has 10 nitrogen and oxygen atoms in total. The molecule has 1 unspecified atom stereocenters. The molecule has 0 bridgehead atoms. The number of likely N-dealkylation sites (tertiary alicyclic amines) is 1. The summed E-state index contributed by atoms with van der Waals surface area (Å²) < 4.78 is 16.7. The minimum atomic E-state index is -0.804. The molecule has 2 aromatic heterocycles. The third kappa shape index (κ3) is 6.89. The Balaban J connectivity index is 1.49. The average molecular weight is 570 g/mol. The lowest BCUT2D eigenvalue weighted by Gasteiger charge is -2.28. The summed E-state index contributed by atoms with van der Waals surface area (Å²) in [5, 5.41) is 17.3. The number of nitrogens with zero attached hydrogens (tertiary/aromatic N) is 3. The van der Waals surface area contributed by atoms with E-state index in [4.69, 9.17) is 14.0 Å². The molecule has 40 heavy (non-hydrogen) atoms. The minimum absolute atomic E-state index is 0.0802. The summed E-state index contributed by atoms with van der Waals surface area (Å²) in [6.45, 7) is 12.6. The van der Waals surface area contributed by atoms with Crippen LogP contribution in [0, 0.1) is 26.7 Å². The number of ether oxygens (including phenoxy) is 2. The van der Waals surface area contributed by atoms with Crippen molar-refractivity contribution in [1.29, 1.82) is 0 Å². The van der Waals surface area contributed by atoms with E-state index in [2.05, 4.69) is 22.4 Å². The molecule has 1 aliphatic heterocycles. The highest BCUT2D eigenvalue weighted by molar-refractivity contribution is 7.13. The average Bonchev–Trinajstić information content (AvgIpc) is 3.65. The zero-order valence-corrected chi connectivity index (χ0v) is 24.2. The number of aliphatic hydroxyl groups is 1. The fraction of sp³-hybridized carbons (Fsp3) is 0.483. The fourth-order valence-electron chi connectivity index (χ4n) is 4.92. The Kier molecular flexibility index (Phi) is 9.94. The van der Waals surface area contributed by atoms with Crippen LogP contribution in [0.1, 0.15) is 48.9 Å². The number of amides is 2. The molecule has 3 aromatic rings. The van der Waals surface area contributed by atoms with Gasteiger partial charge < -0.3 is 29.3 Å². The second-order valence-corrected chi connectivity index (χ2v) is 11.1. The summed E-state index contributed by atoms with van der Waals surface area (Å²) in [5.74, 6) is -0.215. The van der Waals surface area contributed by atoms with Gasteiger partial charge in [-0.05, 0) is 38.3 Å². The van der Waals surface area contributed by atoms with Crippen molar-refractivity contribution in [3.63, 3.8) is 0 Å². The molecule has 4 rings (SSSR count). The highest BCUT2D eigenvalue weighted by Gasteiger charge is 2.43. The highest BCUT2D eigenvalue weighted by atomic mass is 32.1. The third-order valence-electron chi connectivity index (χ3n) is 6.91. The van der Waals surface area contributed by atoms with Crippen LogP contribution < -0.4 is 10.1 Å². The van der Waals surface area contributed by atoms with Crippen LogP contribution in [0.2, 0.25) is 0 Å². The van der Waals surface area contributed by atoms with Gasteiger partial charge >= 0.3 is 0 Å². The number of hydrogen-bond donors (Lipinski definition) is 2. The van der Waals surface area contributed by atoms with Crippen molar-refractivity contribution in [3.8, 4) is 16.2 Å². The van der Waals surface area contributed by atoms with Gasteiger partial charge in [0, 0.05) is 37.7 Å². The summed E-state index contributed by atoms with van der Waals surface area (Å²) in [6.07, 6.45) is -0.634. The first-order valence-electron chi connectivity index (χ1n) is 13.4. The maximum absolute atomic E-state index is 13.6. The van der Waals surface area contributed by atoms with Crippen molar-refractivity contribution < 1.29 is 28.7 Å². The van der Waals surface area contributed by atoms with E-state index in [-0.39, 0.29) is 37.2 Å². The van der Waals surface area contributed by atoms with E-state index in [0.29, 0.717) is 37.0 Å². The second kappa shape index (κ2) is 13.4. The number of rotatable bonds is 12. The number of carbonyl (C=O) groups excluding carboxylic acids is 2. The van der Waals surface area contributed by atoms with Gasteiger partial charge in [-0.15, -0.1) is 11.3 Å². The summed E-state index contributed by atoms with van der Waals surface area (Å²) in [5.41, 5.74) is 5.17. The molecular formula is C29H37N4O6S. The lowest BCUT2D eigenvalue weighted by Crippen LogP contribution is -2.48. The van der Waals surface area contributed by atoms with Crippen LogP contribution in [-0.4, -0.2) is 70.5 Å². The van der Waals surface area contributed by atoms with Gasteiger partial charge in [-0.3, -0.25) is 9.59 Å². The van der Waals surface area contributed by atoms with E-state index in [9.17, 15) is 14.7 Å². The van der Waals surface area contributed by atoms with Gasteiger partial charge in [0.1, 0.15) is 30.1 Å². The van der Waals surface area contributed by atoms with Crippen molar-refractivity contribution in [1.82, 2.24) is 20.4 Å². The van der Waals surface area contributed by atoms with Crippen LogP contribution in [0.4, 0.5) is 0 Å². The molecule has 0 aliphatic carbocycles. The van der Waals surface area contributed by atoms with E-state index >= 15 is 0 Å². The minimum Gasteiger partial charge on any atom is -0.491 e. The number of hydrogen-bond acceptors (Lipinski definition) is 9. The Bertz CT molecular complexity index is 1310.